The van der Waals surface area contributed by atoms with E-state index in [0.717, 1.165) is 5.56 Å². The van der Waals surface area contributed by atoms with E-state index in [2.05, 4.69) is 30.5 Å². The number of thioether (sulfide) groups is 1. The molecule has 0 spiro atoms. The molecule has 3 nitrogen and oxygen atoms in total. The zero-order valence-electron chi connectivity index (χ0n) is 11.3. The maximum absolute atomic E-state index is 11.9. The van der Waals surface area contributed by atoms with Gasteiger partial charge in [-0.25, -0.2) is 0 Å². The van der Waals surface area contributed by atoms with Crippen molar-refractivity contribution in [3.8, 4) is 0 Å². The highest BCUT2D eigenvalue weighted by Gasteiger charge is 2.12. The first-order chi connectivity index (χ1) is 8.56. The first-order valence-corrected chi connectivity index (χ1v) is 7.36. The number of carbonyl (C=O) groups excluding carboxylic acids is 1. The summed E-state index contributed by atoms with van der Waals surface area (Å²) in [4.78, 5) is 14.9. The summed E-state index contributed by atoms with van der Waals surface area (Å²) in [6, 6.07) is 8.31. The molecule has 1 unspecified atom stereocenters. The van der Waals surface area contributed by atoms with E-state index in [9.17, 15) is 4.79 Å². The van der Waals surface area contributed by atoms with Crippen molar-refractivity contribution in [2.24, 2.45) is 11.7 Å². The number of nitrogens with two attached hydrogens (primary N) is 1. The molecule has 1 amide bonds. The number of carbonyl (C=O) groups is 1. The van der Waals surface area contributed by atoms with Crippen LogP contribution in [-0.2, 0) is 11.3 Å². The third kappa shape index (κ3) is 4.70. The van der Waals surface area contributed by atoms with E-state index in [4.69, 9.17) is 5.73 Å². The van der Waals surface area contributed by atoms with Crippen LogP contribution in [0.4, 0.5) is 0 Å². The molecule has 1 rings (SSSR count). The lowest BCUT2D eigenvalue weighted by molar-refractivity contribution is -0.131. The number of hydrogen-bond donors (Lipinski definition) is 1. The van der Waals surface area contributed by atoms with Crippen LogP contribution in [0.5, 0.6) is 0 Å². The van der Waals surface area contributed by atoms with E-state index in [1.165, 1.54) is 4.90 Å². The molecule has 0 aliphatic carbocycles. The summed E-state index contributed by atoms with van der Waals surface area (Å²) in [6.45, 7) is 3.21. The van der Waals surface area contributed by atoms with Gasteiger partial charge in [0, 0.05) is 24.9 Å². The molecule has 1 atom stereocenters. The van der Waals surface area contributed by atoms with E-state index >= 15 is 0 Å². The Morgan fingerprint density at radius 3 is 2.50 bits per heavy atom. The Bertz CT molecular complexity index is 378. The number of benzene rings is 1. The molecule has 2 N–H and O–H groups in total. The van der Waals surface area contributed by atoms with Gasteiger partial charge in [-0.05, 0) is 36.4 Å². The van der Waals surface area contributed by atoms with Crippen LogP contribution in [0.3, 0.4) is 0 Å². The van der Waals surface area contributed by atoms with E-state index in [1.807, 2.05) is 14.0 Å². The van der Waals surface area contributed by atoms with Gasteiger partial charge in [0.1, 0.15) is 0 Å². The van der Waals surface area contributed by atoms with Crippen molar-refractivity contribution in [3.05, 3.63) is 29.8 Å². The van der Waals surface area contributed by atoms with Gasteiger partial charge in [-0.2, -0.15) is 0 Å². The second-order valence-electron chi connectivity index (χ2n) is 4.64. The van der Waals surface area contributed by atoms with E-state index in [-0.39, 0.29) is 11.8 Å². The average molecular weight is 266 g/mol. The van der Waals surface area contributed by atoms with Crippen LogP contribution < -0.4 is 5.73 Å². The van der Waals surface area contributed by atoms with Crippen LogP contribution in [0.2, 0.25) is 0 Å². The Labute approximate surface area is 114 Å². The Hall–Kier alpha value is -1.00. The van der Waals surface area contributed by atoms with Crippen molar-refractivity contribution < 1.29 is 4.79 Å². The molecular weight excluding hydrogens is 244 g/mol. The van der Waals surface area contributed by atoms with Gasteiger partial charge < -0.3 is 10.6 Å². The predicted octanol–water partition coefficient (Wildman–Crippen LogP) is 2.35. The van der Waals surface area contributed by atoms with Crippen molar-refractivity contribution in [1.29, 1.82) is 0 Å². The lowest BCUT2D eigenvalue weighted by Crippen LogP contribution is -2.29. The van der Waals surface area contributed by atoms with Gasteiger partial charge in [0.15, 0.2) is 0 Å². The molecule has 100 valence electrons. The minimum Gasteiger partial charge on any atom is -0.341 e. The van der Waals surface area contributed by atoms with Crippen LogP contribution in [0.1, 0.15) is 18.9 Å². The molecule has 0 fully saturated rings. The molecule has 18 heavy (non-hydrogen) atoms. The second kappa shape index (κ2) is 7.44. The van der Waals surface area contributed by atoms with Crippen LogP contribution >= 0.6 is 11.8 Å². The summed E-state index contributed by atoms with van der Waals surface area (Å²) in [5.74, 6) is 0.403. The second-order valence-corrected chi connectivity index (χ2v) is 5.52. The molecule has 0 aromatic heterocycles. The smallest absolute Gasteiger partial charge is 0.222 e. The van der Waals surface area contributed by atoms with Gasteiger partial charge in [0.25, 0.3) is 0 Å². The SMILES string of the molecule is CSc1ccc(CN(C)C(=O)CC(C)CN)cc1. The molecule has 0 bridgehead atoms. The normalized spacial score (nSPS) is 12.2. The molecule has 0 radical (unpaired) electrons. The van der Waals surface area contributed by atoms with Crippen LogP contribution in [0.15, 0.2) is 29.2 Å². The highest BCUT2D eigenvalue weighted by molar-refractivity contribution is 7.98. The van der Waals surface area contributed by atoms with Crippen molar-refractivity contribution in [2.45, 2.75) is 24.8 Å². The quantitative estimate of drug-likeness (QED) is 0.804. The Morgan fingerprint density at radius 2 is 2.00 bits per heavy atom. The highest BCUT2D eigenvalue weighted by Crippen LogP contribution is 2.16. The largest absolute Gasteiger partial charge is 0.341 e. The van der Waals surface area contributed by atoms with Crippen molar-refractivity contribution in [3.63, 3.8) is 0 Å². The summed E-state index contributed by atoms with van der Waals surface area (Å²) < 4.78 is 0. The van der Waals surface area contributed by atoms with Gasteiger partial charge in [-0.3, -0.25) is 4.79 Å². The zero-order valence-corrected chi connectivity index (χ0v) is 12.2. The maximum Gasteiger partial charge on any atom is 0.222 e. The molecule has 0 heterocycles. The van der Waals surface area contributed by atoms with E-state index < -0.39 is 0 Å². The molecule has 0 saturated carbocycles. The standard InChI is InChI=1S/C14H22N2OS/c1-11(9-15)8-14(17)16(2)10-12-4-6-13(18-3)7-5-12/h4-7,11H,8-10,15H2,1-3H3. The van der Waals surface area contributed by atoms with Crippen LogP contribution in [0.25, 0.3) is 0 Å². The topological polar surface area (TPSA) is 46.3 Å². The minimum absolute atomic E-state index is 0.155. The van der Waals surface area contributed by atoms with Gasteiger partial charge in [0.05, 0.1) is 0 Å². The summed E-state index contributed by atoms with van der Waals surface area (Å²) >= 11 is 1.72. The summed E-state index contributed by atoms with van der Waals surface area (Å²) in [5.41, 5.74) is 6.69. The fraction of sp³-hybridized carbons (Fsp3) is 0.500. The van der Waals surface area contributed by atoms with Crippen LogP contribution in [0, 0.1) is 5.92 Å². The van der Waals surface area contributed by atoms with Crippen molar-refractivity contribution in [1.82, 2.24) is 4.90 Å². The van der Waals surface area contributed by atoms with Crippen molar-refractivity contribution in [2.75, 3.05) is 19.8 Å². The molecule has 1 aromatic rings. The summed E-state index contributed by atoms with van der Waals surface area (Å²) in [6.07, 6.45) is 2.58. The number of nitrogens with zero attached hydrogens (tertiary/aromatic N) is 1. The van der Waals surface area contributed by atoms with E-state index in [0.29, 0.717) is 19.5 Å². The Balaban J connectivity index is 2.52. The molecule has 0 saturated heterocycles. The molecular formula is C14H22N2OS. The third-order valence-electron chi connectivity index (χ3n) is 2.93. The molecule has 4 heteroatoms. The molecule has 1 aromatic carbocycles. The fourth-order valence-electron chi connectivity index (χ4n) is 1.63. The van der Waals surface area contributed by atoms with Crippen molar-refractivity contribution >= 4 is 17.7 Å². The predicted molar refractivity (Wildman–Crippen MR) is 77.5 cm³/mol. The third-order valence-corrected chi connectivity index (χ3v) is 3.67. The summed E-state index contributed by atoms with van der Waals surface area (Å²) in [5, 5.41) is 0. The van der Waals surface area contributed by atoms with Gasteiger partial charge in [-0.1, -0.05) is 19.1 Å². The summed E-state index contributed by atoms with van der Waals surface area (Å²) in [7, 11) is 1.84. The number of amides is 1. The van der Waals surface area contributed by atoms with Gasteiger partial charge >= 0.3 is 0 Å². The molecule has 0 aliphatic heterocycles. The monoisotopic (exact) mass is 266 g/mol. The minimum atomic E-state index is 0.155. The molecule has 0 aliphatic rings. The Morgan fingerprint density at radius 1 is 1.39 bits per heavy atom. The lowest BCUT2D eigenvalue weighted by Gasteiger charge is -2.19. The number of hydrogen-bond acceptors (Lipinski definition) is 3. The number of rotatable bonds is 6. The van der Waals surface area contributed by atoms with Crippen LogP contribution in [-0.4, -0.2) is 30.7 Å². The van der Waals surface area contributed by atoms with Gasteiger partial charge in [-0.15, -0.1) is 11.8 Å². The first kappa shape index (κ1) is 15.1. The van der Waals surface area contributed by atoms with Gasteiger partial charge in [0.2, 0.25) is 5.91 Å². The van der Waals surface area contributed by atoms with E-state index in [1.54, 1.807) is 16.7 Å². The lowest BCUT2D eigenvalue weighted by atomic mass is 10.1. The Kier molecular flexibility index (Phi) is 6.22. The highest BCUT2D eigenvalue weighted by atomic mass is 32.2. The fourth-order valence-corrected chi connectivity index (χ4v) is 2.04. The average Bonchev–Trinajstić information content (AvgIpc) is 2.39. The zero-order chi connectivity index (χ0) is 13.5. The maximum atomic E-state index is 11.9. The first-order valence-electron chi connectivity index (χ1n) is 6.13.